The molecule has 7 atom stereocenters. The molecule has 3 amide bonds. The van der Waals surface area contributed by atoms with Crippen LogP contribution in [0.2, 0.25) is 0 Å². The number of nitrogens with zero attached hydrogens (tertiary/aromatic N) is 1. The van der Waals surface area contributed by atoms with Crippen molar-refractivity contribution in [1.82, 2.24) is 10.2 Å². The van der Waals surface area contributed by atoms with Crippen LogP contribution in [0.15, 0.2) is 24.3 Å². The van der Waals surface area contributed by atoms with E-state index in [-0.39, 0.29) is 30.2 Å². The number of hydrogen-bond acceptors (Lipinski definition) is 6. The van der Waals surface area contributed by atoms with Gasteiger partial charge in [-0.1, -0.05) is 20.3 Å². The Morgan fingerprint density at radius 1 is 1.30 bits per heavy atom. The second-order valence-corrected chi connectivity index (χ2v) is 9.27. The van der Waals surface area contributed by atoms with E-state index in [9.17, 15) is 19.5 Å². The van der Waals surface area contributed by atoms with Crippen LogP contribution in [0.1, 0.15) is 33.1 Å². The molecule has 2 bridgehead atoms. The molecule has 1 aromatic carbocycles. The molecule has 0 aliphatic carbocycles. The maximum absolute atomic E-state index is 13.8. The predicted octanol–water partition coefficient (Wildman–Crippen LogP) is 1.16. The van der Waals surface area contributed by atoms with E-state index in [1.807, 2.05) is 13.8 Å². The molecular formula is C24H33N3O6. The number of aliphatic hydroxyl groups is 1. The van der Waals surface area contributed by atoms with Crippen molar-refractivity contribution in [2.24, 2.45) is 17.8 Å². The maximum atomic E-state index is 13.8. The zero-order valence-corrected chi connectivity index (χ0v) is 19.5. The molecule has 9 heteroatoms. The number of amides is 3. The molecule has 9 nitrogen and oxygen atoms in total. The highest BCUT2D eigenvalue weighted by atomic mass is 16.5. The molecule has 1 aromatic rings. The molecular weight excluding hydrogens is 426 g/mol. The zero-order valence-electron chi connectivity index (χ0n) is 19.5. The Morgan fingerprint density at radius 2 is 2.00 bits per heavy atom. The number of rotatable bonds is 8. The van der Waals surface area contributed by atoms with Gasteiger partial charge in [-0.3, -0.25) is 14.4 Å². The largest absolute Gasteiger partial charge is 0.497 e. The second-order valence-electron chi connectivity index (χ2n) is 9.27. The van der Waals surface area contributed by atoms with Crippen LogP contribution in [0.4, 0.5) is 5.69 Å². The summed E-state index contributed by atoms with van der Waals surface area (Å²) in [5.41, 5.74) is -0.524. The van der Waals surface area contributed by atoms with Gasteiger partial charge in [0, 0.05) is 12.7 Å². The van der Waals surface area contributed by atoms with Crippen molar-refractivity contribution in [3.63, 3.8) is 0 Å². The van der Waals surface area contributed by atoms with Gasteiger partial charge in [0.25, 0.3) is 0 Å². The molecule has 3 aliphatic heterocycles. The van der Waals surface area contributed by atoms with Crippen molar-refractivity contribution in [2.45, 2.75) is 56.9 Å². The third-order valence-electron chi connectivity index (χ3n) is 7.74. The third kappa shape index (κ3) is 3.58. The predicted molar refractivity (Wildman–Crippen MR) is 120 cm³/mol. The lowest BCUT2D eigenvalue weighted by Gasteiger charge is -2.38. The van der Waals surface area contributed by atoms with Crippen LogP contribution in [0, 0.1) is 17.8 Å². The monoisotopic (exact) mass is 459 g/mol. The Bertz CT molecular complexity index is 921. The molecule has 33 heavy (non-hydrogen) atoms. The molecule has 3 fully saturated rings. The van der Waals surface area contributed by atoms with Crippen LogP contribution in [0.5, 0.6) is 5.75 Å². The van der Waals surface area contributed by atoms with E-state index in [4.69, 9.17) is 9.47 Å². The summed E-state index contributed by atoms with van der Waals surface area (Å²) >= 11 is 0. The number of carbonyl (C=O) groups excluding carboxylic acids is 3. The fourth-order valence-corrected chi connectivity index (χ4v) is 5.91. The summed E-state index contributed by atoms with van der Waals surface area (Å²) in [5, 5.41) is 15.8. The Hall–Kier alpha value is -2.65. The molecule has 2 unspecified atom stereocenters. The van der Waals surface area contributed by atoms with E-state index in [1.165, 1.54) is 4.90 Å². The lowest BCUT2D eigenvalue weighted by Crippen LogP contribution is -2.57. The van der Waals surface area contributed by atoms with Crippen molar-refractivity contribution in [3.05, 3.63) is 24.3 Å². The summed E-state index contributed by atoms with van der Waals surface area (Å²) in [6.07, 6.45) is 1.45. The van der Waals surface area contributed by atoms with Crippen LogP contribution in [-0.2, 0) is 19.1 Å². The first kappa shape index (κ1) is 23.5. The summed E-state index contributed by atoms with van der Waals surface area (Å²) < 4.78 is 11.5. The van der Waals surface area contributed by atoms with Gasteiger partial charge in [0.05, 0.1) is 37.7 Å². The molecule has 0 radical (unpaired) electrons. The first-order valence-corrected chi connectivity index (χ1v) is 11.6. The smallest absolute Gasteiger partial charge is 0.250 e. The van der Waals surface area contributed by atoms with Gasteiger partial charge in [-0.15, -0.1) is 0 Å². The molecule has 1 spiro atoms. The highest BCUT2D eigenvalue weighted by Crippen LogP contribution is 2.59. The lowest BCUT2D eigenvalue weighted by molar-refractivity contribution is -0.145. The Balaban J connectivity index is 1.74. The quantitative estimate of drug-likeness (QED) is 0.537. The van der Waals surface area contributed by atoms with Gasteiger partial charge in [0.1, 0.15) is 17.4 Å². The van der Waals surface area contributed by atoms with E-state index >= 15 is 0 Å². The number of nitrogens with one attached hydrogen (secondary N) is 2. The number of hydrogen-bond donors (Lipinski definition) is 3. The molecule has 180 valence electrons. The summed E-state index contributed by atoms with van der Waals surface area (Å²) in [4.78, 5) is 41.8. The van der Waals surface area contributed by atoms with E-state index < -0.39 is 35.6 Å². The van der Waals surface area contributed by atoms with Crippen molar-refractivity contribution < 1.29 is 29.0 Å². The third-order valence-corrected chi connectivity index (χ3v) is 7.74. The molecule has 3 saturated heterocycles. The van der Waals surface area contributed by atoms with Crippen LogP contribution >= 0.6 is 0 Å². The summed E-state index contributed by atoms with van der Waals surface area (Å²) in [7, 11) is 3.11. The van der Waals surface area contributed by atoms with Crippen molar-refractivity contribution in [3.8, 4) is 5.75 Å². The lowest BCUT2D eigenvalue weighted by atomic mass is 9.70. The number of fused-ring (bicyclic) bond motifs is 1. The molecule has 3 N–H and O–H groups in total. The number of anilines is 1. The van der Waals surface area contributed by atoms with E-state index in [2.05, 4.69) is 10.6 Å². The fourth-order valence-electron chi connectivity index (χ4n) is 5.91. The van der Waals surface area contributed by atoms with E-state index in [1.54, 1.807) is 38.4 Å². The Morgan fingerprint density at radius 3 is 2.58 bits per heavy atom. The minimum absolute atomic E-state index is 0.0406. The number of methoxy groups -OCH3 is 1. The van der Waals surface area contributed by atoms with Gasteiger partial charge < -0.3 is 30.1 Å². The average Bonchev–Trinajstić information content (AvgIpc) is 3.47. The zero-order chi connectivity index (χ0) is 23.9. The van der Waals surface area contributed by atoms with E-state index in [0.29, 0.717) is 24.3 Å². The topological polar surface area (TPSA) is 117 Å². The van der Waals surface area contributed by atoms with Crippen LogP contribution in [0.3, 0.4) is 0 Å². The molecule has 3 heterocycles. The highest BCUT2D eigenvalue weighted by molar-refractivity contribution is 6.03. The van der Waals surface area contributed by atoms with Crippen molar-refractivity contribution in [2.75, 3.05) is 26.1 Å². The second kappa shape index (κ2) is 8.95. The van der Waals surface area contributed by atoms with Gasteiger partial charge in [0.2, 0.25) is 17.7 Å². The number of benzene rings is 1. The van der Waals surface area contributed by atoms with Gasteiger partial charge in [0.15, 0.2) is 0 Å². The van der Waals surface area contributed by atoms with Crippen LogP contribution < -0.4 is 15.4 Å². The number of ether oxygens (including phenoxy) is 2. The Labute approximate surface area is 193 Å². The highest BCUT2D eigenvalue weighted by Gasteiger charge is 2.75. The SMILES string of the molecule is CC[C@H](C)[C@H](CO)N1C(=O)[C@@H]2[C@@H](C(=O)NC)[C@H]3CCC2(O3)C1C(=O)Nc1ccc(OC)cc1. The fraction of sp³-hybridized carbons (Fsp3) is 0.625. The standard InChI is InChI=1S/C24H33N3O6/c1-5-13(2)16(12-28)27-20(22(30)26-14-6-8-15(32-4)9-7-14)24-11-10-17(33-24)18(21(29)25-3)19(24)23(27)31/h6-9,13,16-20,28H,5,10-12H2,1-4H3,(H,25,29)(H,26,30)/t13-,16-,17+,18-,19-,20?,24?/m0/s1. The number of likely N-dealkylation sites (tertiary alicyclic amines) is 1. The summed E-state index contributed by atoms with van der Waals surface area (Å²) in [6, 6.07) is 5.44. The van der Waals surface area contributed by atoms with Gasteiger partial charge in [-0.25, -0.2) is 0 Å². The summed E-state index contributed by atoms with van der Waals surface area (Å²) in [5.74, 6) is -1.69. The normalized spacial score (nSPS) is 31.8. The van der Waals surface area contributed by atoms with Crippen LogP contribution in [-0.4, -0.2) is 72.3 Å². The molecule has 0 saturated carbocycles. The molecule has 4 rings (SSSR count). The van der Waals surface area contributed by atoms with Crippen molar-refractivity contribution in [1.29, 1.82) is 0 Å². The number of aliphatic hydroxyl groups excluding tert-OH is 1. The first-order chi connectivity index (χ1) is 15.8. The average molecular weight is 460 g/mol. The minimum atomic E-state index is -1.09. The van der Waals surface area contributed by atoms with Crippen molar-refractivity contribution >= 4 is 23.4 Å². The molecule has 3 aliphatic rings. The van der Waals surface area contributed by atoms with Gasteiger partial charge >= 0.3 is 0 Å². The van der Waals surface area contributed by atoms with Gasteiger partial charge in [-0.2, -0.15) is 0 Å². The van der Waals surface area contributed by atoms with Crippen LogP contribution in [0.25, 0.3) is 0 Å². The first-order valence-electron chi connectivity index (χ1n) is 11.6. The Kier molecular flexibility index (Phi) is 6.37. The minimum Gasteiger partial charge on any atom is -0.497 e. The summed E-state index contributed by atoms with van der Waals surface area (Å²) in [6.45, 7) is 3.66. The maximum Gasteiger partial charge on any atom is 0.250 e. The molecule has 0 aromatic heterocycles. The number of carbonyl (C=O) groups is 3. The van der Waals surface area contributed by atoms with E-state index in [0.717, 1.165) is 6.42 Å². The van der Waals surface area contributed by atoms with Gasteiger partial charge in [-0.05, 0) is 43.0 Å².